The van der Waals surface area contributed by atoms with Crippen LogP contribution in [0.4, 0.5) is 0 Å². The van der Waals surface area contributed by atoms with Crippen LogP contribution in [0.3, 0.4) is 0 Å². The van der Waals surface area contributed by atoms with Crippen LogP contribution in [0.5, 0.6) is 0 Å². The van der Waals surface area contributed by atoms with Crippen molar-refractivity contribution in [2.45, 2.75) is 52.5 Å². The molecular formula is C22H33N5O4. The van der Waals surface area contributed by atoms with Crippen molar-refractivity contribution in [3.63, 3.8) is 0 Å². The highest BCUT2D eigenvalue weighted by Gasteiger charge is 2.20. The number of carbonyl (C=O) groups is 1. The van der Waals surface area contributed by atoms with Crippen LogP contribution >= 0.6 is 0 Å². The lowest BCUT2D eigenvalue weighted by molar-refractivity contribution is 0.0372. The number of morpholine rings is 1. The van der Waals surface area contributed by atoms with E-state index in [0.29, 0.717) is 25.2 Å². The molecule has 3 rings (SSSR count). The number of aryl methyl sites for hydroxylation is 1. The fourth-order valence-electron chi connectivity index (χ4n) is 3.78. The largest absolute Gasteiger partial charge is 0.379 e. The third-order valence-electron chi connectivity index (χ3n) is 5.54. The summed E-state index contributed by atoms with van der Waals surface area (Å²) in [4.78, 5) is 47.2. The van der Waals surface area contributed by atoms with E-state index in [0.717, 1.165) is 45.7 Å². The summed E-state index contributed by atoms with van der Waals surface area (Å²) in [5, 5.41) is 3.11. The molecular weight excluding hydrogens is 398 g/mol. The second kappa shape index (κ2) is 10.7. The molecule has 0 spiro atoms. The number of carbonyl (C=O) groups excluding carboxylic acids is 1. The first-order valence-electron chi connectivity index (χ1n) is 11.2. The van der Waals surface area contributed by atoms with E-state index in [1.54, 1.807) is 6.07 Å². The number of fused-ring (bicyclic) bond motifs is 1. The van der Waals surface area contributed by atoms with Crippen molar-refractivity contribution < 1.29 is 9.53 Å². The third-order valence-corrected chi connectivity index (χ3v) is 5.54. The zero-order valence-electron chi connectivity index (χ0n) is 18.7. The van der Waals surface area contributed by atoms with Gasteiger partial charge < -0.3 is 10.1 Å². The summed E-state index contributed by atoms with van der Waals surface area (Å²) in [5.41, 5.74) is 0.155. The minimum atomic E-state index is -0.576. The van der Waals surface area contributed by atoms with Gasteiger partial charge in [0.1, 0.15) is 0 Å². The van der Waals surface area contributed by atoms with Crippen LogP contribution < -0.4 is 16.6 Å². The first-order chi connectivity index (χ1) is 14.9. The quantitative estimate of drug-likeness (QED) is 0.582. The van der Waals surface area contributed by atoms with Crippen LogP contribution in [0.15, 0.2) is 15.7 Å². The van der Waals surface area contributed by atoms with Crippen LogP contribution in [0.1, 0.15) is 62.0 Å². The number of H-pyrrole nitrogens is 1. The van der Waals surface area contributed by atoms with E-state index in [1.807, 2.05) is 20.8 Å². The monoisotopic (exact) mass is 431 g/mol. The van der Waals surface area contributed by atoms with Gasteiger partial charge >= 0.3 is 5.69 Å². The number of pyridine rings is 1. The average Bonchev–Trinajstić information content (AvgIpc) is 2.76. The van der Waals surface area contributed by atoms with E-state index in [4.69, 9.17) is 4.74 Å². The Bertz CT molecular complexity index is 1020. The smallest absolute Gasteiger partial charge is 0.329 e. The summed E-state index contributed by atoms with van der Waals surface area (Å²) in [6, 6.07) is 1.67. The molecule has 1 amide bonds. The number of nitrogens with one attached hydrogen (secondary N) is 2. The SMILES string of the molecule is CCCn1c(=O)[nH]c(=O)c2c(C(=O)NCCCCN3CCOCC3)cc(C(C)C)nc21. The van der Waals surface area contributed by atoms with Crippen molar-refractivity contribution in [2.75, 3.05) is 39.4 Å². The van der Waals surface area contributed by atoms with Gasteiger partial charge in [0.05, 0.1) is 24.2 Å². The molecule has 0 bridgehead atoms. The number of nitrogens with zero attached hydrogens (tertiary/aromatic N) is 3. The van der Waals surface area contributed by atoms with Gasteiger partial charge in [0.15, 0.2) is 5.65 Å². The average molecular weight is 432 g/mol. The van der Waals surface area contributed by atoms with Gasteiger partial charge in [-0.05, 0) is 37.8 Å². The van der Waals surface area contributed by atoms with E-state index >= 15 is 0 Å². The number of aromatic amines is 1. The molecule has 170 valence electrons. The molecule has 2 N–H and O–H groups in total. The molecule has 1 aliphatic rings. The maximum absolute atomic E-state index is 13.0. The van der Waals surface area contributed by atoms with Crippen LogP contribution in [0, 0.1) is 0 Å². The van der Waals surface area contributed by atoms with Crippen molar-refractivity contribution in [1.29, 1.82) is 0 Å². The van der Waals surface area contributed by atoms with Gasteiger partial charge in [0.2, 0.25) is 0 Å². The van der Waals surface area contributed by atoms with E-state index in [9.17, 15) is 14.4 Å². The molecule has 2 aromatic heterocycles. The number of unbranched alkanes of at least 4 members (excludes halogenated alkanes) is 1. The predicted molar refractivity (Wildman–Crippen MR) is 120 cm³/mol. The van der Waals surface area contributed by atoms with Crippen molar-refractivity contribution in [3.8, 4) is 0 Å². The van der Waals surface area contributed by atoms with Gasteiger partial charge in [-0.15, -0.1) is 0 Å². The Labute approximate surface area is 181 Å². The Kier molecular flexibility index (Phi) is 7.97. The lowest BCUT2D eigenvalue weighted by Crippen LogP contribution is -2.37. The summed E-state index contributed by atoms with van der Waals surface area (Å²) in [5.74, 6) is -0.262. The van der Waals surface area contributed by atoms with Gasteiger partial charge in [-0.1, -0.05) is 20.8 Å². The Balaban J connectivity index is 1.79. The third kappa shape index (κ3) is 5.59. The maximum Gasteiger partial charge on any atom is 0.329 e. The standard InChI is InChI=1S/C22H33N5O4/c1-4-8-27-19-18(21(29)25-22(27)30)16(14-17(24-19)15(2)3)20(28)23-7-5-6-9-26-10-12-31-13-11-26/h14-15H,4-13H2,1-3H3,(H,23,28)(H,25,29,30). The van der Waals surface area contributed by atoms with Gasteiger partial charge in [-0.3, -0.25) is 24.0 Å². The molecule has 1 aliphatic heterocycles. The normalized spacial score (nSPS) is 15.0. The molecule has 0 atom stereocenters. The minimum absolute atomic E-state index is 0.0499. The first kappa shape index (κ1) is 23.1. The molecule has 2 aromatic rings. The molecule has 1 fully saturated rings. The number of aromatic nitrogens is 3. The molecule has 9 nitrogen and oxygen atoms in total. The van der Waals surface area contributed by atoms with E-state index in [1.165, 1.54) is 4.57 Å². The highest BCUT2D eigenvalue weighted by Crippen LogP contribution is 2.20. The zero-order valence-corrected chi connectivity index (χ0v) is 18.7. The van der Waals surface area contributed by atoms with E-state index in [-0.39, 0.29) is 28.4 Å². The fourth-order valence-corrected chi connectivity index (χ4v) is 3.78. The lowest BCUT2D eigenvalue weighted by atomic mass is 10.0. The molecule has 0 aliphatic carbocycles. The topological polar surface area (TPSA) is 109 Å². The lowest BCUT2D eigenvalue weighted by Gasteiger charge is -2.26. The Hall–Kier alpha value is -2.52. The summed E-state index contributed by atoms with van der Waals surface area (Å²) in [6.07, 6.45) is 2.53. The minimum Gasteiger partial charge on any atom is -0.379 e. The Morgan fingerprint density at radius 1 is 1.23 bits per heavy atom. The molecule has 0 aromatic carbocycles. The van der Waals surface area contributed by atoms with Crippen LogP contribution in [0.2, 0.25) is 0 Å². The number of amides is 1. The summed E-state index contributed by atoms with van der Waals surface area (Å²) >= 11 is 0. The molecule has 0 unspecified atom stereocenters. The number of hydrogen-bond donors (Lipinski definition) is 2. The molecule has 0 saturated carbocycles. The Morgan fingerprint density at radius 2 is 1.97 bits per heavy atom. The number of hydrogen-bond acceptors (Lipinski definition) is 6. The van der Waals surface area contributed by atoms with Gasteiger partial charge in [0.25, 0.3) is 11.5 Å². The maximum atomic E-state index is 13.0. The zero-order chi connectivity index (χ0) is 22.4. The molecule has 31 heavy (non-hydrogen) atoms. The van der Waals surface area contributed by atoms with Crippen LogP contribution in [0.25, 0.3) is 11.0 Å². The summed E-state index contributed by atoms with van der Waals surface area (Å²) in [6.45, 7) is 11.3. The van der Waals surface area contributed by atoms with Crippen LogP contribution in [-0.2, 0) is 11.3 Å². The van der Waals surface area contributed by atoms with Crippen molar-refractivity contribution in [1.82, 2.24) is 24.8 Å². The summed E-state index contributed by atoms with van der Waals surface area (Å²) < 4.78 is 6.80. The van der Waals surface area contributed by atoms with Gasteiger partial charge in [-0.25, -0.2) is 9.78 Å². The van der Waals surface area contributed by atoms with Crippen molar-refractivity contribution in [3.05, 3.63) is 38.2 Å². The van der Waals surface area contributed by atoms with Crippen molar-refractivity contribution >= 4 is 16.9 Å². The molecule has 0 radical (unpaired) electrons. The highest BCUT2D eigenvalue weighted by molar-refractivity contribution is 6.05. The van der Waals surface area contributed by atoms with Gasteiger partial charge in [0, 0.05) is 31.9 Å². The van der Waals surface area contributed by atoms with Crippen LogP contribution in [-0.4, -0.2) is 64.7 Å². The van der Waals surface area contributed by atoms with E-state index in [2.05, 4.69) is 20.2 Å². The van der Waals surface area contributed by atoms with Crippen molar-refractivity contribution in [2.24, 2.45) is 0 Å². The number of ether oxygens (including phenoxy) is 1. The molecule has 9 heteroatoms. The van der Waals surface area contributed by atoms with Gasteiger partial charge in [-0.2, -0.15) is 0 Å². The summed E-state index contributed by atoms with van der Waals surface area (Å²) in [7, 11) is 0. The van der Waals surface area contributed by atoms with E-state index < -0.39 is 11.2 Å². The highest BCUT2D eigenvalue weighted by atomic mass is 16.5. The molecule has 1 saturated heterocycles. The molecule has 3 heterocycles. The Morgan fingerprint density at radius 3 is 2.65 bits per heavy atom. The second-order valence-electron chi connectivity index (χ2n) is 8.28. The predicted octanol–water partition coefficient (Wildman–Crippen LogP) is 1.46. The fraction of sp³-hybridized carbons (Fsp3) is 0.636. The second-order valence-corrected chi connectivity index (χ2v) is 8.28. The first-order valence-corrected chi connectivity index (χ1v) is 11.2. The number of rotatable bonds is 9.